The van der Waals surface area contributed by atoms with Gasteiger partial charge in [-0.25, -0.2) is 0 Å². The van der Waals surface area contributed by atoms with Gasteiger partial charge >= 0.3 is 0 Å². The van der Waals surface area contributed by atoms with Crippen molar-refractivity contribution in [2.24, 2.45) is 0 Å². The van der Waals surface area contributed by atoms with Crippen molar-refractivity contribution in [2.45, 2.75) is 13.5 Å². The second-order valence-corrected chi connectivity index (χ2v) is 5.34. The maximum absolute atomic E-state index is 5.93. The Balaban J connectivity index is 1.75. The molecular weight excluding hydrogens is 316 g/mol. The Morgan fingerprint density at radius 1 is 1.09 bits per heavy atom. The summed E-state index contributed by atoms with van der Waals surface area (Å²) in [4.78, 5) is 0. The van der Waals surface area contributed by atoms with Crippen LogP contribution in [0.1, 0.15) is 11.5 Å². The van der Waals surface area contributed by atoms with Gasteiger partial charge in [-0.15, -0.1) is 10.2 Å². The molecule has 0 radical (unpaired) electrons. The first kappa shape index (κ1) is 15.4. The Kier molecular flexibility index (Phi) is 4.48. The predicted octanol–water partition coefficient (Wildman–Crippen LogP) is 4.29. The van der Waals surface area contributed by atoms with E-state index < -0.39 is 0 Å². The van der Waals surface area contributed by atoms with E-state index in [0.717, 1.165) is 16.9 Å². The maximum Gasteiger partial charge on any atom is 0.254 e. The summed E-state index contributed by atoms with van der Waals surface area (Å²) in [5, 5.41) is 8.73. The van der Waals surface area contributed by atoms with Gasteiger partial charge in [-0.1, -0.05) is 23.7 Å². The number of aromatic nitrogens is 2. The van der Waals surface area contributed by atoms with Crippen molar-refractivity contribution in [3.63, 3.8) is 0 Å². The van der Waals surface area contributed by atoms with E-state index in [1.807, 2.05) is 43.3 Å². The molecule has 0 fully saturated rings. The number of benzene rings is 2. The molecule has 0 aliphatic heterocycles. The van der Waals surface area contributed by atoms with Gasteiger partial charge in [0, 0.05) is 5.02 Å². The number of rotatable bonds is 5. The van der Waals surface area contributed by atoms with E-state index in [2.05, 4.69) is 10.2 Å². The second-order valence-electron chi connectivity index (χ2n) is 4.90. The minimum Gasteiger partial charge on any atom is -0.496 e. The van der Waals surface area contributed by atoms with Gasteiger partial charge in [0.1, 0.15) is 11.5 Å². The highest BCUT2D eigenvalue weighted by molar-refractivity contribution is 6.30. The number of para-hydroxylation sites is 1. The first-order valence-corrected chi connectivity index (χ1v) is 7.40. The fourth-order valence-corrected chi connectivity index (χ4v) is 2.38. The summed E-state index contributed by atoms with van der Waals surface area (Å²) in [5.74, 6) is 2.19. The molecule has 0 amide bonds. The number of aryl methyl sites for hydroxylation is 1. The van der Waals surface area contributed by atoms with Crippen LogP contribution in [-0.2, 0) is 6.61 Å². The lowest BCUT2D eigenvalue weighted by molar-refractivity contribution is 0.263. The predicted molar refractivity (Wildman–Crippen MR) is 86.8 cm³/mol. The molecule has 6 heteroatoms. The number of hydrogen-bond donors (Lipinski definition) is 0. The quantitative estimate of drug-likeness (QED) is 0.698. The van der Waals surface area contributed by atoms with Crippen LogP contribution in [0.2, 0.25) is 5.02 Å². The molecule has 3 rings (SSSR count). The van der Waals surface area contributed by atoms with Crippen LogP contribution in [0.5, 0.6) is 11.5 Å². The van der Waals surface area contributed by atoms with Crippen molar-refractivity contribution in [1.82, 2.24) is 10.2 Å². The van der Waals surface area contributed by atoms with Crippen LogP contribution < -0.4 is 9.47 Å². The van der Waals surface area contributed by atoms with Gasteiger partial charge in [-0.05, 0) is 42.8 Å². The summed E-state index contributed by atoms with van der Waals surface area (Å²) in [6.45, 7) is 2.11. The van der Waals surface area contributed by atoms with E-state index >= 15 is 0 Å². The molecule has 0 spiro atoms. The van der Waals surface area contributed by atoms with Crippen molar-refractivity contribution >= 4 is 11.6 Å². The first-order chi connectivity index (χ1) is 11.2. The smallest absolute Gasteiger partial charge is 0.254 e. The normalized spacial score (nSPS) is 10.6. The van der Waals surface area contributed by atoms with E-state index in [9.17, 15) is 0 Å². The van der Waals surface area contributed by atoms with Gasteiger partial charge in [0.25, 0.3) is 11.8 Å². The molecule has 118 valence electrons. The summed E-state index contributed by atoms with van der Waals surface area (Å²) >= 11 is 5.93. The van der Waals surface area contributed by atoms with Crippen LogP contribution in [0.25, 0.3) is 11.5 Å². The molecule has 0 aliphatic carbocycles. The monoisotopic (exact) mass is 330 g/mol. The van der Waals surface area contributed by atoms with Gasteiger partial charge in [-0.3, -0.25) is 0 Å². The van der Waals surface area contributed by atoms with Gasteiger partial charge in [-0.2, -0.15) is 0 Å². The highest BCUT2D eigenvalue weighted by Gasteiger charge is 2.13. The molecule has 0 bridgehead atoms. The summed E-state index contributed by atoms with van der Waals surface area (Å²) in [6.07, 6.45) is 0. The lowest BCUT2D eigenvalue weighted by Crippen LogP contribution is -1.97. The molecular formula is C17H15ClN2O3. The van der Waals surface area contributed by atoms with Gasteiger partial charge in [0.05, 0.1) is 12.7 Å². The molecule has 2 aromatic carbocycles. The lowest BCUT2D eigenvalue weighted by Gasteiger charge is -2.07. The lowest BCUT2D eigenvalue weighted by atomic mass is 10.2. The Hall–Kier alpha value is -2.53. The fourth-order valence-electron chi connectivity index (χ4n) is 2.16. The summed E-state index contributed by atoms with van der Waals surface area (Å²) < 4.78 is 16.6. The van der Waals surface area contributed by atoms with Gasteiger partial charge in [0.15, 0.2) is 6.61 Å². The molecule has 5 nitrogen and oxygen atoms in total. The molecule has 0 N–H and O–H groups in total. The zero-order valence-corrected chi connectivity index (χ0v) is 13.5. The number of ether oxygens (including phenoxy) is 2. The van der Waals surface area contributed by atoms with E-state index in [-0.39, 0.29) is 6.61 Å². The summed E-state index contributed by atoms with van der Waals surface area (Å²) in [7, 11) is 1.60. The number of hydrogen-bond acceptors (Lipinski definition) is 5. The minimum atomic E-state index is 0.185. The van der Waals surface area contributed by atoms with E-state index in [1.165, 1.54) is 0 Å². The van der Waals surface area contributed by atoms with Crippen LogP contribution >= 0.6 is 11.6 Å². The molecule has 1 heterocycles. The third-order valence-corrected chi connectivity index (χ3v) is 3.53. The largest absolute Gasteiger partial charge is 0.496 e. The summed E-state index contributed by atoms with van der Waals surface area (Å²) in [6, 6.07) is 12.9. The average molecular weight is 331 g/mol. The topological polar surface area (TPSA) is 57.4 Å². The van der Waals surface area contributed by atoms with E-state index in [0.29, 0.717) is 22.6 Å². The van der Waals surface area contributed by atoms with Crippen molar-refractivity contribution < 1.29 is 13.9 Å². The Morgan fingerprint density at radius 2 is 1.91 bits per heavy atom. The van der Waals surface area contributed by atoms with Crippen LogP contribution in [0, 0.1) is 6.92 Å². The zero-order chi connectivity index (χ0) is 16.2. The Morgan fingerprint density at radius 3 is 2.70 bits per heavy atom. The molecule has 0 unspecified atom stereocenters. The second kappa shape index (κ2) is 6.71. The molecule has 23 heavy (non-hydrogen) atoms. The van der Waals surface area contributed by atoms with Crippen molar-refractivity contribution in [1.29, 1.82) is 0 Å². The highest BCUT2D eigenvalue weighted by atomic mass is 35.5. The number of methoxy groups -OCH3 is 1. The molecule has 0 saturated heterocycles. The van der Waals surface area contributed by atoms with E-state index in [1.54, 1.807) is 13.2 Å². The SMILES string of the molecule is COc1ccccc1-c1nnc(COc2ccc(Cl)cc2C)o1. The maximum atomic E-state index is 5.93. The standard InChI is InChI=1S/C17H15ClN2O3/c1-11-9-12(18)7-8-14(11)22-10-16-19-20-17(23-16)13-5-3-4-6-15(13)21-2/h3-9H,10H2,1-2H3. The van der Waals surface area contributed by atoms with Gasteiger partial charge in [0.2, 0.25) is 0 Å². The molecule has 1 aromatic heterocycles. The van der Waals surface area contributed by atoms with E-state index in [4.69, 9.17) is 25.5 Å². The number of nitrogens with zero attached hydrogens (tertiary/aromatic N) is 2. The zero-order valence-electron chi connectivity index (χ0n) is 12.7. The van der Waals surface area contributed by atoms with Crippen LogP contribution in [0.15, 0.2) is 46.9 Å². The van der Waals surface area contributed by atoms with Gasteiger partial charge < -0.3 is 13.9 Å². The molecule has 3 aromatic rings. The van der Waals surface area contributed by atoms with Crippen molar-refractivity contribution in [2.75, 3.05) is 7.11 Å². The minimum absolute atomic E-state index is 0.185. The fraction of sp³-hybridized carbons (Fsp3) is 0.176. The third-order valence-electron chi connectivity index (χ3n) is 3.29. The summed E-state index contributed by atoms with van der Waals surface area (Å²) in [5.41, 5.74) is 1.69. The third kappa shape index (κ3) is 3.46. The number of halogens is 1. The Bertz CT molecular complexity index is 817. The van der Waals surface area contributed by atoms with Crippen LogP contribution in [0.4, 0.5) is 0 Å². The van der Waals surface area contributed by atoms with Crippen LogP contribution in [0.3, 0.4) is 0 Å². The van der Waals surface area contributed by atoms with Crippen LogP contribution in [-0.4, -0.2) is 17.3 Å². The average Bonchev–Trinajstić information content (AvgIpc) is 3.03. The Labute approximate surface area is 138 Å². The van der Waals surface area contributed by atoms with Crippen molar-refractivity contribution in [3.8, 4) is 23.0 Å². The van der Waals surface area contributed by atoms with Crippen molar-refractivity contribution in [3.05, 3.63) is 58.9 Å². The first-order valence-electron chi connectivity index (χ1n) is 7.02. The highest BCUT2D eigenvalue weighted by Crippen LogP contribution is 2.28. The molecule has 0 aliphatic rings. The molecule has 0 saturated carbocycles. The molecule has 0 atom stereocenters.